The van der Waals surface area contributed by atoms with Gasteiger partial charge in [-0.1, -0.05) is 6.92 Å². The standard InChI is InChI=1S/C11H17NO4/c1-4-15-10(13)6-9(7-12)8(3)11(14)16-5-2/h8-9H,4-6H2,1-3H3/t8-,9-/m1/s1. The Balaban J connectivity index is 4.33. The van der Waals surface area contributed by atoms with Crippen LogP contribution in [0, 0.1) is 23.2 Å². The third kappa shape index (κ3) is 4.78. The van der Waals surface area contributed by atoms with E-state index in [-0.39, 0.29) is 19.6 Å². The Morgan fingerprint density at radius 2 is 1.81 bits per heavy atom. The van der Waals surface area contributed by atoms with Gasteiger partial charge in [0.1, 0.15) is 0 Å². The summed E-state index contributed by atoms with van der Waals surface area (Å²) >= 11 is 0. The average Bonchev–Trinajstić information content (AvgIpc) is 2.25. The summed E-state index contributed by atoms with van der Waals surface area (Å²) in [5.74, 6) is -2.24. The minimum Gasteiger partial charge on any atom is -0.466 e. The number of carbonyl (C=O) groups excluding carboxylic acids is 2. The van der Waals surface area contributed by atoms with Crippen LogP contribution in [0.5, 0.6) is 0 Å². The van der Waals surface area contributed by atoms with Crippen LogP contribution in [0.25, 0.3) is 0 Å². The minimum absolute atomic E-state index is 0.0790. The van der Waals surface area contributed by atoms with Gasteiger partial charge in [0.2, 0.25) is 0 Å². The van der Waals surface area contributed by atoms with Gasteiger partial charge in [-0.05, 0) is 13.8 Å². The molecule has 2 atom stereocenters. The second-order valence-electron chi connectivity index (χ2n) is 3.29. The Bertz CT molecular complexity index is 282. The number of hydrogen-bond acceptors (Lipinski definition) is 5. The molecule has 0 aliphatic carbocycles. The van der Waals surface area contributed by atoms with E-state index < -0.39 is 23.8 Å². The molecule has 0 aromatic carbocycles. The first-order chi connectivity index (χ1) is 7.56. The van der Waals surface area contributed by atoms with Crippen molar-refractivity contribution >= 4 is 11.9 Å². The SMILES string of the molecule is CCOC(=O)C[C@H](C#N)[C@@H](C)C(=O)OCC. The Hall–Kier alpha value is -1.57. The van der Waals surface area contributed by atoms with Crippen molar-refractivity contribution in [3.63, 3.8) is 0 Å². The van der Waals surface area contributed by atoms with Crippen molar-refractivity contribution in [3.05, 3.63) is 0 Å². The monoisotopic (exact) mass is 227 g/mol. The molecule has 0 bridgehead atoms. The fourth-order valence-corrected chi connectivity index (χ4v) is 1.17. The summed E-state index contributed by atoms with van der Waals surface area (Å²) in [6.07, 6.45) is -0.0790. The van der Waals surface area contributed by atoms with Gasteiger partial charge in [0, 0.05) is 0 Å². The summed E-state index contributed by atoms with van der Waals surface area (Å²) in [5.41, 5.74) is 0. The smallest absolute Gasteiger partial charge is 0.309 e. The van der Waals surface area contributed by atoms with Crippen LogP contribution in [0.4, 0.5) is 0 Å². The first kappa shape index (κ1) is 14.4. The molecule has 0 radical (unpaired) electrons. The maximum atomic E-state index is 11.4. The molecule has 0 aromatic heterocycles. The fourth-order valence-electron chi connectivity index (χ4n) is 1.17. The highest BCUT2D eigenvalue weighted by molar-refractivity contribution is 5.75. The average molecular weight is 227 g/mol. The summed E-state index contributed by atoms with van der Waals surface area (Å²) in [6, 6.07) is 1.93. The molecule has 90 valence electrons. The van der Waals surface area contributed by atoms with Gasteiger partial charge in [-0.2, -0.15) is 5.26 Å². The van der Waals surface area contributed by atoms with Gasteiger partial charge in [-0.3, -0.25) is 9.59 Å². The molecular formula is C11H17NO4. The van der Waals surface area contributed by atoms with E-state index in [2.05, 4.69) is 0 Å². The van der Waals surface area contributed by atoms with E-state index in [1.807, 2.05) is 6.07 Å². The van der Waals surface area contributed by atoms with Crippen molar-refractivity contribution in [1.82, 2.24) is 0 Å². The van der Waals surface area contributed by atoms with Crippen molar-refractivity contribution in [2.24, 2.45) is 11.8 Å². The van der Waals surface area contributed by atoms with Gasteiger partial charge in [0.15, 0.2) is 0 Å². The topological polar surface area (TPSA) is 76.4 Å². The molecule has 0 heterocycles. The van der Waals surface area contributed by atoms with Crippen LogP contribution in [0.15, 0.2) is 0 Å². The third-order valence-electron chi connectivity index (χ3n) is 2.12. The van der Waals surface area contributed by atoms with E-state index in [1.165, 1.54) is 0 Å². The Morgan fingerprint density at radius 1 is 1.25 bits per heavy atom. The van der Waals surface area contributed by atoms with Crippen LogP contribution < -0.4 is 0 Å². The third-order valence-corrected chi connectivity index (χ3v) is 2.12. The largest absolute Gasteiger partial charge is 0.466 e. The normalized spacial score (nSPS) is 13.4. The molecule has 5 nitrogen and oxygen atoms in total. The highest BCUT2D eigenvalue weighted by Gasteiger charge is 2.27. The van der Waals surface area contributed by atoms with Crippen LogP contribution in [-0.4, -0.2) is 25.2 Å². The predicted molar refractivity (Wildman–Crippen MR) is 56.2 cm³/mol. The molecule has 0 N–H and O–H groups in total. The van der Waals surface area contributed by atoms with Gasteiger partial charge >= 0.3 is 11.9 Å². The maximum absolute atomic E-state index is 11.4. The van der Waals surface area contributed by atoms with Crippen LogP contribution in [0.3, 0.4) is 0 Å². The number of nitriles is 1. The lowest BCUT2D eigenvalue weighted by atomic mass is 9.92. The van der Waals surface area contributed by atoms with Crippen LogP contribution >= 0.6 is 0 Å². The van der Waals surface area contributed by atoms with Crippen molar-refractivity contribution in [2.75, 3.05) is 13.2 Å². The van der Waals surface area contributed by atoms with E-state index in [0.29, 0.717) is 0 Å². The van der Waals surface area contributed by atoms with Crippen molar-refractivity contribution in [1.29, 1.82) is 5.26 Å². The first-order valence-corrected chi connectivity index (χ1v) is 5.28. The molecule has 0 saturated carbocycles. The van der Waals surface area contributed by atoms with Crippen LogP contribution in [0.2, 0.25) is 0 Å². The lowest BCUT2D eigenvalue weighted by Gasteiger charge is -2.15. The molecule has 5 heteroatoms. The highest BCUT2D eigenvalue weighted by atomic mass is 16.5. The summed E-state index contributed by atoms with van der Waals surface area (Å²) in [4.78, 5) is 22.5. The van der Waals surface area contributed by atoms with Gasteiger partial charge in [-0.25, -0.2) is 0 Å². The number of carbonyl (C=O) groups is 2. The Morgan fingerprint density at radius 3 is 2.25 bits per heavy atom. The Labute approximate surface area is 95.3 Å². The molecule has 0 aliphatic heterocycles. The van der Waals surface area contributed by atoms with E-state index >= 15 is 0 Å². The van der Waals surface area contributed by atoms with Gasteiger partial charge in [0.25, 0.3) is 0 Å². The molecular weight excluding hydrogens is 210 g/mol. The minimum atomic E-state index is -0.696. The summed E-state index contributed by atoms with van der Waals surface area (Å²) < 4.78 is 9.51. The Kier molecular flexibility index (Phi) is 6.93. The molecule has 0 rings (SSSR count). The quantitative estimate of drug-likeness (QED) is 0.639. The highest BCUT2D eigenvalue weighted by Crippen LogP contribution is 2.17. The predicted octanol–water partition coefficient (Wildman–Crippen LogP) is 1.28. The fraction of sp³-hybridized carbons (Fsp3) is 0.727. The first-order valence-electron chi connectivity index (χ1n) is 5.28. The van der Waals surface area contributed by atoms with Crippen LogP contribution in [0.1, 0.15) is 27.2 Å². The summed E-state index contributed by atoms with van der Waals surface area (Å²) in [7, 11) is 0. The molecule has 0 aliphatic rings. The number of rotatable bonds is 6. The van der Waals surface area contributed by atoms with E-state index in [1.54, 1.807) is 20.8 Å². The van der Waals surface area contributed by atoms with Crippen molar-refractivity contribution < 1.29 is 19.1 Å². The van der Waals surface area contributed by atoms with Gasteiger partial charge in [0.05, 0.1) is 37.5 Å². The molecule has 0 fully saturated rings. The summed E-state index contributed by atoms with van der Waals surface area (Å²) in [6.45, 7) is 5.49. The van der Waals surface area contributed by atoms with E-state index in [4.69, 9.17) is 14.7 Å². The molecule has 0 aromatic rings. The lowest BCUT2D eigenvalue weighted by Crippen LogP contribution is -2.25. The number of hydrogen-bond donors (Lipinski definition) is 0. The second kappa shape index (κ2) is 7.69. The second-order valence-corrected chi connectivity index (χ2v) is 3.29. The van der Waals surface area contributed by atoms with Crippen LogP contribution in [-0.2, 0) is 19.1 Å². The molecule has 0 amide bonds. The number of ether oxygens (including phenoxy) is 2. The molecule has 16 heavy (non-hydrogen) atoms. The maximum Gasteiger partial charge on any atom is 0.309 e. The van der Waals surface area contributed by atoms with Gasteiger partial charge < -0.3 is 9.47 Å². The van der Waals surface area contributed by atoms with Gasteiger partial charge in [-0.15, -0.1) is 0 Å². The zero-order valence-electron chi connectivity index (χ0n) is 9.86. The lowest BCUT2D eigenvalue weighted by molar-refractivity contribution is -0.150. The van der Waals surface area contributed by atoms with Crippen molar-refractivity contribution in [2.45, 2.75) is 27.2 Å². The number of nitrogens with zero attached hydrogens (tertiary/aromatic N) is 1. The summed E-state index contributed by atoms with van der Waals surface area (Å²) in [5, 5.41) is 8.87. The van der Waals surface area contributed by atoms with E-state index in [9.17, 15) is 9.59 Å². The van der Waals surface area contributed by atoms with Crippen molar-refractivity contribution in [3.8, 4) is 6.07 Å². The number of esters is 2. The zero-order chi connectivity index (χ0) is 12.6. The zero-order valence-corrected chi connectivity index (χ0v) is 9.86. The molecule has 0 saturated heterocycles. The molecule has 0 spiro atoms. The van der Waals surface area contributed by atoms with E-state index in [0.717, 1.165) is 0 Å². The molecule has 0 unspecified atom stereocenters.